The number of nitrogens with zero attached hydrogens (tertiary/aromatic N) is 2. The summed E-state index contributed by atoms with van der Waals surface area (Å²) in [5, 5.41) is 11.6. The number of anilines is 1. The standard InChI is InChI=1S/C21H21N3O6/c25-18(12-30-15-4-2-1-3-5-15)22-16-6-7-17-14-8-13(10-24(17)19(16)26)9-23(11-14)20(27)21(28)29/h1-7,13-14H,8-12H2,(H,22,25)(H,28,29)/t13-,14+/m0/s1. The number of likely N-dealkylation sites (tertiary alicyclic amines) is 1. The zero-order chi connectivity index (χ0) is 21.3. The van der Waals surface area contributed by atoms with Crippen molar-refractivity contribution in [2.45, 2.75) is 18.9 Å². The number of benzene rings is 1. The van der Waals surface area contributed by atoms with Crippen LogP contribution in [0.15, 0.2) is 47.3 Å². The highest BCUT2D eigenvalue weighted by atomic mass is 16.5. The largest absolute Gasteiger partial charge is 0.484 e. The van der Waals surface area contributed by atoms with E-state index in [2.05, 4.69) is 5.32 Å². The average Bonchev–Trinajstić information content (AvgIpc) is 2.74. The summed E-state index contributed by atoms with van der Waals surface area (Å²) in [4.78, 5) is 49.3. The maximum Gasteiger partial charge on any atom is 0.394 e. The SMILES string of the molecule is O=C(COc1ccccc1)Nc1ccc2n(c1=O)C[C@H]1C[C@@H]2CN(C(=O)C(=O)O)C1. The van der Waals surface area contributed by atoms with E-state index in [9.17, 15) is 19.2 Å². The van der Waals surface area contributed by atoms with Crippen LogP contribution in [0.25, 0.3) is 0 Å². The molecule has 1 aromatic carbocycles. The number of carboxylic acid groups (broad SMARTS) is 1. The first kappa shape index (κ1) is 19.7. The van der Waals surface area contributed by atoms with Crippen molar-refractivity contribution in [3.05, 3.63) is 58.5 Å². The number of carbonyl (C=O) groups excluding carboxylic acids is 2. The van der Waals surface area contributed by atoms with E-state index in [0.717, 1.165) is 12.1 Å². The highest BCUT2D eigenvalue weighted by molar-refractivity contribution is 6.31. The first-order valence-electron chi connectivity index (χ1n) is 9.66. The average molecular weight is 411 g/mol. The van der Waals surface area contributed by atoms with Gasteiger partial charge in [0.25, 0.3) is 11.5 Å². The topological polar surface area (TPSA) is 118 Å². The molecule has 2 aliphatic heterocycles. The molecule has 3 heterocycles. The molecule has 1 aromatic heterocycles. The van der Waals surface area contributed by atoms with Gasteiger partial charge in [-0.25, -0.2) is 4.79 Å². The molecule has 0 saturated carbocycles. The number of piperidine rings is 1. The third kappa shape index (κ3) is 3.91. The fraction of sp³-hybridized carbons (Fsp3) is 0.333. The molecule has 0 aliphatic carbocycles. The monoisotopic (exact) mass is 411 g/mol. The maximum atomic E-state index is 12.9. The van der Waals surface area contributed by atoms with Gasteiger partial charge >= 0.3 is 11.9 Å². The van der Waals surface area contributed by atoms with Crippen LogP contribution in [-0.4, -0.2) is 52.1 Å². The number of pyridine rings is 1. The lowest BCUT2D eigenvalue weighted by atomic mass is 9.83. The van der Waals surface area contributed by atoms with E-state index in [4.69, 9.17) is 9.84 Å². The van der Waals surface area contributed by atoms with Crippen LogP contribution >= 0.6 is 0 Å². The number of hydrogen-bond donors (Lipinski definition) is 2. The number of carbonyl (C=O) groups is 3. The number of fused-ring (bicyclic) bond motifs is 4. The van der Waals surface area contributed by atoms with Gasteiger partial charge in [-0.1, -0.05) is 18.2 Å². The van der Waals surface area contributed by atoms with Gasteiger partial charge < -0.3 is 24.6 Å². The maximum absolute atomic E-state index is 12.9. The summed E-state index contributed by atoms with van der Waals surface area (Å²) in [5.41, 5.74) is 0.602. The van der Waals surface area contributed by atoms with E-state index in [0.29, 0.717) is 18.8 Å². The van der Waals surface area contributed by atoms with Crippen molar-refractivity contribution in [3.63, 3.8) is 0 Å². The van der Waals surface area contributed by atoms with Gasteiger partial charge in [0.15, 0.2) is 6.61 Å². The van der Waals surface area contributed by atoms with Crippen LogP contribution in [0.2, 0.25) is 0 Å². The van der Waals surface area contributed by atoms with Crippen LogP contribution in [-0.2, 0) is 20.9 Å². The molecule has 1 fully saturated rings. The lowest BCUT2D eigenvalue weighted by molar-refractivity contribution is -0.157. The Kier molecular flexibility index (Phi) is 5.26. The summed E-state index contributed by atoms with van der Waals surface area (Å²) in [5.74, 6) is -2.39. The van der Waals surface area contributed by atoms with Gasteiger partial charge in [0.1, 0.15) is 11.4 Å². The zero-order valence-corrected chi connectivity index (χ0v) is 16.1. The third-order valence-corrected chi connectivity index (χ3v) is 5.46. The second-order valence-corrected chi connectivity index (χ2v) is 7.55. The van der Waals surface area contributed by atoms with Gasteiger partial charge in [-0.3, -0.25) is 14.4 Å². The Bertz CT molecular complexity index is 1050. The quantitative estimate of drug-likeness (QED) is 0.722. The summed E-state index contributed by atoms with van der Waals surface area (Å²) in [6.45, 7) is 0.716. The molecule has 4 rings (SSSR count). The van der Waals surface area contributed by atoms with Gasteiger partial charge in [0, 0.05) is 31.2 Å². The molecule has 2 N–H and O–H groups in total. The third-order valence-electron chi connectivity index (χ3n) is 5.46. The molecule has 1 saturated heterocycles. The molecule has 30 heavy (non-hydrogen) atoms. The summed E-state index contributed by atoms with van der Waals surface area (Å²) in [6, 6.07) is 12.2. The number of para-hydroxylation sites is 1. The molecule has 0 unspecified atom stereocenters. The molecule has 2 bridgehead atoms. The molecule has 156 valence electrons. The zero-order valence-electron chi connectivity index (χ0n) is 16.1. The van der Waals surface area contributed by atoms with Crippen LogP contribution < -0.4 is 15.6 Å². The Morgan fingerprint density at radius 3 is 2.57 bits per heavy atom. The molecule has 9 heteroatoms. The van der Waals surface area contributed by atoms with Crippen LogP contribution in [0.3, 0.4) is 0 Å². The predicted molar refractivity (Wildman–Crippen MR) is 106 cm³/mol. The van der Waals surface area contributed by atoms with Gasteiger partial charge in [-0.05, 0) is 36.6 Å². The number of amides is 2. The fourth-order valence-electron chi connectivity index (χ4n) is 4.19. The molecular weight excluding hydrogens is 390 g/mol. The molecule has 0 spiro atoms. The highest BCUT2D eigenvalue weighted by Crippen LogP contribution is 2.35. The van der Waals surface area contributed by atoms with Crippen LogP contribution in [0.1, 0.15) is 18.0 Å². The Balaban J connectivity index is 1.47. The molecule has 2 aliphatic rings. The Hall–Kier alpha value is -3.62. The summed E-state index contributed by atoms with van der Waals surface area (Å²) < 4.78 is 7.02. The number of carboxylic acids is 1. The first-order valence-corrected chi connectivity index (χ1v) is 9.66. The Morgan fingerprint density at radius 2 is 1.83 bits per heavy atom. The Labute approximate surface area is 171 Å². The Morgan fingerprint density at radius 1 is 1.07 bits per heavy atom. The minimum Gasteiger partial charge on any atom is -0.484 e. The van der Waals surface area contributed by atoms with Crippen LogP contribution in [0.5, 0.6) is 5.75 Å². The van der Waals surface area contributed by atoms with E-state index in [1.54, 1.807) is 41.0 Å². The van der Waals surface area contributed by atoms with Crippen molar-refractivity contribution in [2.75, 3.05) is 25.0 Å². The fourth-order valence-corrected chi connectivity index (χ4v) is 4.19. The van der Waals surface area contributed by atoms with Crippen molar-refractivity contribution in [2.24, 2.45) is 5.92 Å². The summed E-state index contributed by atoms with van der Waals surface area (Å²) in [6.07, 6.45) is 0.791. The molecule has 2 aromatic rings. The number of nitrogens with one attached hydrogen (secondary N) is 1. The van der Waals surface area contributed by atoms with Gasteiger partial charge in [0.2, 0.25) is 0 Å². The second kappa shape index (κ2) is 8.02. The highest BCUT2D eigenvalue weighted by Gasteiger charge is 2.38. The van der Waals surface area contributed by atoms with Gasteiger partial charge in [-0.15, -0.1) is 0 Å². The minimum atomic E-state index is -1.47. The first-order chi connectivity index (χ1) is 14.4. The van der Waals surface area contributed by atoms with Crippen molar-refractivity contribution < 1.29 is 24.2 Å². The van der Waals surface area contributed by atoms with Crippen molar-refractivity contribution in [1.29, 1.82) is 0 Å². The van der Waals surface area contributed by atoms with E-state index in [-0.39, 0.29) is 36.2 Å². The normalized spacial score (nSPS) is 19.5. The number of rotatable bonds is 4. The van der Waals surface area contributed by atoms with E-state index < -0.39 is 17.8 Å². The minimum absolute atomic E-state index is 0.00962. The number of ether oxygens (including phenoxy) is 1. The molecule has 2 amide bonds. The lowest BCUT2D eigenvalue weighted by Gasteiger charge is -2.42. The van der Waals surface area contributed by atoms with Gasteiger partial charge in [0.05, 0.1) is 0 Å². The molecule has 0 radical (unpaired) electrons. The number of aromatic nitrogens is 1. The van der Waals surface area contributed by atoms with E-state index in [1.807, 2.05) is 6.07 Å². The van der Waals surface area contributed by atoms with Crippen molar-refractivity contribution in [3.8, 4) is 5.75 Å². The molecular formula is C21H21N3O6. The molecule has 9 nitrogen and oxygen atoms in total. The van der Waals surface area contributed by atoms with E-state index in [1.165, 1.54) is 4.90 Å². The molecule has 2 atom stereocenters. The van der Waals surface area contributed by atoms with Crippen molar-refractivity contribution >= 4 is 23.5 Å². The lowest BCUT2D eigenvalue weighted by Crippen LogP contribution is -2.51. The van der Waals surface area contributed by atoms with Crippen LogP contribution in [0, 0.1) is 5.92 Å². The predicted octanol–water partition coefficient (Wildman–Crippen LogP) is 0.896. The second-order valence-electron chi connectivity index (χ2n) is 7.55. The smallest absolute Gasteiger partial charge is 0.394 e. The van der Waals surface area contributed by atoms with E-state index >= 15 is 0 Å². The van der Waals surface area contributed by atoms with Gasteiger partial charge in [-0.2, -0.15) is 0 Å². The summed E-state index contributed by atoms with van der Waals surface area (Å²) >= 11 is 0. The van der Waals surface area contributed by atoms with Crippen LogP contribution in [0.4, 0.5) is 5.69 Å². The summed E-state index contributed by atoms with van der Waals surface area (Å²) in [7, 11) is 0. The van der Waals surface area contributed by atoms with Crippen molar-refractivity contribution in [1.82, 2.24) is 9.47 Å². The number of aliphatic carboxylic acids is 1. The number of hydrogen-bond acceptors (Lipinski definition) is 5.